The summed E-state index contributed by atoms with van der Waals surface area (Å²) in [5, 5.41) is 11.0. The van der Waals surface area contributed by atoms with Gasteiger partial charge in [0.2, 0.25) is 0 Å². The van der Waals surface area contributed by atoms with Crippen LogP contribution in [0.25, 0.3) is 11.1 Å². The Morgan fingerprint density at radius 3 is 2.32 bits per heavy atom. The molecular formula is C15H10F3NO3. The van der Waals surface area contributed by atoms with Gasteiger partial charge in [0.25, 0.3) is 5.69 Å². The van der Waals surface area contributed by atoms with Crippen LogP contribution in [0.1, 0.15) is 22.8 Å². The summed E-state index contributed by atoms with van der Waals surface area (Å²) in [6.45, 7) is 1.16. The number of carbonyl (C=O) groups excluding carboxylic acids is 1. The average Bonchev–Trinajstić information content (AvgIpc) is 2.45. The minimum atomic E-state index is -4.58. The second-order valence-electron chi connectivity index (χ2n) is 4.59. The van der Waals surface area contributed by atoms with Gasteiger partial charge in [0.15, 0.2) is 5.78 Å². The van der Waals surface area contributed by atoms with Gasteiger partial charge in [-0.05, 0) is 30.2 Å². The van der Waals surface area contributed by atoms with Crippen LogP contribution < -0.4 is 0 Å². The molecule has 0 fully saturated rings. The molecule has 0 saturated heterocycles. The zero-order chi connectivity index (χ0) is 16.5. The second-order valence-corrected chi connectivity index (χ2v) is 4.59. The minimum Gasteiger partial charge on any atom is -0.294 e. The highest BCUT2D eigenvalue weighted by Crippen LogP contribution is 2.38. The number of hydrogen-bond donors (Lipinski definition) is 0. The van der Waals surface area contributed by atoms with Crippen LogP contribution in [0.4, 0.5) is 18.9 Å². The summed E-state index contributed by atoms with van der Waals surface area (Å²) in [5.74, 6) is -0.526. The van der Waals surface area contributed by atoms with E-state index in [-0.39, 0.29) is 16.7 Å². The zero-order valence-corrected chi connectivity index (χ0v) is 11.3. The molecule has 0 saturated carbocycles. The van der Waals surface area contributed by atoms with Crippen molar-refractivity contribution in [2.45, 2.75) is 13.1 Å². The molecule has 0 aliphatic heterocycles. The molecule has 0 aromatic heterocycles. The summed E-state index contributed by atoms with van der Waals surface area (Å²) in [7, 11) is 0. The van der Waals surface area contributed by atoms with Gasteiger partial charge in [0.1, 0.15) is 0 Å². The molecule has 0 aliphatic rings. The fourth-order valence-electron chi connectivity index (χ4n) is 2.13. The van der Waals surface area contributed by atoms with E-state index in [4.69, 9.17) is 0 Å². The van der Waals surface area contributed by atoms with Crippen molar-refractivity contribution in [1.82, 2.24) is 0 Å². The van der Waals surface area contributed by atoms with Crippen molar-refractivity contribution in [3.8, 4) is 11.1 Å². The fraction of sp³-hybridized carbons (Fsp3) is 0.133. The largest absolute Gasteiger partial charge is 0.417 e. The third-order valence-electron chi connectivity index (χ3n) is 3.12. The third-order valence-corrected chi connectivity index (χ3v) is 3.12. The van der Waals surface area contributed by atoms with Crippen molar-refractivity contribution in [2.24, 2.45) is 0 Å². The van der Waals surface area contributed by atoms with Gasteiger partial charge in [-0.1, -0.05) is 24.3 Å². The Balaban J connectivity index is 2.68. The molecule has 2 aromatic rings. The highest BCUT2D eigenvalue weighted by atomic mass is 19.4. The first-order valence-corrected chi connectivity index (χ1v) is 6.18. The number of hydrogen-bond acceptors (Lipinski definition) is 3. The number of halogens is 3. The monoisotopic (exact) mass is 309 g/mol. The molecule has 22 heavy (non-hydrogen) atoms. The highest BCUT2D eigenvalue weighted by Gasteiger charge is 2.33. The van der Waals surface area contributed by atoms with Crippen LogP contribution in [0.5, 0.6) is 0 Å². The number of nitro groups is 1. The van der Waals surface area contributed by atoms with E-state index in [0.717, 1.165) is 19.1 Å². The van der Waals surface area contributed by atoms with Crippen molar-refractivity contribution in [3.05, 3.63) is 63.7 Å². The number of carbonyl (C=O) groups is 1. The van der Waals surface area contributed by atoms with Gasteiger partial charge in [-0.3, -0.25) is 14.9 Å². The molecule has 0 atom stereocenters. The summed E-state index contributed by atoms with van der Waals surface area (Å²) >= 11 is 0. The van der Waals surface area contributed by atoms with Crippen molar-refractivity contribution >= 4 is 11.5 Å². The van der Waals surface area contributed by atoms with Gasteiger partial charge in [-0.25, -0.2) is 0 Å². The number of ketones is 1. The van der Waals surface area contributed by atoms with E-state index in [2.05, 4.69) is 0 Å². The van der Waals surface area contributed by atoms with Gasteiger partial charge >= 0.3 is 6.18 Å². The van der Waals surface area contributed by atoms with Crippen LogP contribution >= 0.6 is 0 Å². The molecule has 0 amide bonds. The number of alkyl halides is 3. The maximum absolute atomic E-state index is 13.0. The van der Waals surface area contributed by atoms with Gasteiger partial charge in [-0.2, -0.15) is 13.2 Å². The Bertz CT molecular complexity index is 754. The average molecular weight is 309 g/mol. The van der Waals surface area contributed by atoms with Crippen LogP contribution in [0, 0.1) is 10.1 Å². The lowest BCUT2D eigenvalue weighted by molar-refractivity contribution is -0.385. The van der Waals surface area contributed by atoms with Gasteiger partial charge < -0.3 is 0 Å². The maximum atomic E-state index is 13.0. The van der Waals surface area contributed by atoms with Crippen LogP contribution in [-0.2, 0) is 6.18 Å². The summed E-state index contributed by atoms with van der Waals surface area (Å²) in [6, 6.07) is 8.22. The van der Waals surface area contributed by atoms with Crippen molar-refractivity contribution in [1.29, 1.82) is 0 Å². The van der Waals surface area contributed by atoms with Crippen molar-refractivity contribution in [2.75, 3.05) is 0 Å². The molecule has 114 valence electrons. The van der Waals surface area contributed by atoms with Gasteiger partial charge in [0, 0.05) is 6.07 Å². The molecule has 0 heterocycles. The quantitative estimate of drug-likeness (QED) is 0.477. The lowest BCUT2D eigenvalue weighted by Gasteiger charge is -2.13. The molecule has 4 nitrogen and oxygen atoms in total. The van der Waals surface area contributed by atoms with Crippen molar-refractivity contribution in [3.63, 3.8) is 0 Å². The SMILES string of the molecule is CC(=O)c1ccc(-c2ccccc2C(F)(F)F)cc1[N+](=O)[O-]. The predicted molar refractivity (Wildman–Crippen MR) is 73.5 cm³/mol. The first-order chi connectivity index (χ1) is 10.2. The summed E-state index contributed by atoms with van der Waals surface area (Å²) in [6.07, 6.45) is -4.58. The molecule has 7 heteroatoms. The molecule has 0 radical (unpaired) electrons. The Labute approximate surface area is 123 Å². The number of nitrogens with zero attached hydrogens (tertiary/aromatic N) is 1. The Morgan fingerprint density at radius 1 is 1.14 bits per heavy atom. The fourth-order valence-corrected chi connectivity index (χ4v) is 2.13. The van der Waals surface area contributed by atoms with Gasteiger partial charge in [-0.15, -0.1) is 0 Å². The third kappa shape index (κ3) is 2.98. The Kier molecular flexibility index (Phi) is 3.99. The van der Waals surface area contributed by atoms with E-state index < -0.39 is 28.1 Å². The molecular weight excluding hydrogens is 299 g/mol. The van der Waals surface area contributed by atoms with E-state index in [1.165, 1.54) is 30.3 Å². The Morgan fingerprint density at radius 2 is 1.77 bits per heavy atom. The first-order valence-electron chi connectivity index (χ1n) is 6.18. The molecule has 2 aromatic carbocycles. The molecule has 0 N–H and O–H groups in total. The summed E-state index contributed by atoms with van der Waals surface area (Å²) < 4.78 is 39.0. The topological polar surface area (TPSA) is 60.2 Å². The summed E-state index contributed by atoms with van der Waals surface area (Å²) in [5.41, 5.74) is -1.68. The maximum Gasteiger partial charge on any atom is 0.417 e. The van der Waals surface area contributed by atoms with E-state index in [9.17, 15) is 28.1 Å². The van der Waals surface area contributed by atoms with Crippen LogP contribution in [0.2, 0.25) is 0 Å². The van der Waals surface area contributed by atoms with E-state index in [1.54, 1.807) is 0 Å². The van der Waals surface area contributed by atoms with E-state index in [0.29, 0.717) is 0 Å². The van der Waals surface area contributed by atoms with Crippen LogP contribution in [0.3, 0.4) is 0 Å². The zero-order valence-electron chi connectivity index (χ0n) is 11.3. The molecule has 0 aliphatic carbocycles. The van der Waals surface area contributed by atoms with E-state index in [1.807, 2.05) is 0 Å². The molecule has 2 rings (SSSR count). The number of Topliss-reactive ketones (excluding diaryl/α,β-unsaturated/α-hetero) is 1. The predicted octanol–water partition coefficient (Wildman–Crippen LogP) is 4.48. The smallest absolute Gasteiger partial charge is 0.294 e. The summed E-state index contributed by atoms with van der Waals surface area (Å²) in [4.78, 5) is 21.6. The number of nitro benzene ring substituents is 1. The molecule has 0 spiro atoms. The van der Waals surface area contributed by atoms with Crippen molar-refractivity contribution < 1.29 is 22.9 Å². The lowest BCUT2D eigenvalue weighted by Crippen LogP contribution is -2.07. The number of rotatable bonds is 3. The molecule has 0 unspecified atom stereocenters. The highest BCUT2D eigenvalue weighted by molar-refractivity contribution is 5.98. The van der Waals surface area contributed by atoms with Crippen LogP contribution in [-0.4, -0.2) is 10.7 Å². The standard InChI is InChI=1S/C15H10F3NO3/c1-9(20)11-7-6-10(8-14(11)19(21)22)12-4-2-3-5-13(12)15(16,17)18/h2-8H,1H3. The van der Waals surface area contributed by atoms with Crippen LogP contribution in [0.15, 0.2) is 42.5 Å². The normalized spacial score (nSPS) is 11.3. The van der Waals surface area contributed by atoms with Gasteiger partial charge in [0.05, 0.1) is 16.1 Å². The van der Waals surface area contributed by atoms with E-state index >= 15 is 0 Å². The number of benzene rings is 2. The lowest BCUT2D eigenvalue weighted by atomic mass is 9.96. The first kappa shape index (κ1) is 15.7. The molecule has 0 bridgehead atoms. The minimum absolute atomic E-state index is 0.0321. The second kappa shape index (κ2) is 5.59. The Hall–Kier alpha value is -2.70.